The van der Waals surface area contributed by atoms with Crippen LogP contribution in [0.1, 0.15) is 16.7 Å². The molecule has 2 rings (SSSR count). The normalized spacial score (nSPS) is 10.5. The molecule has 19 heavy (non-hydrogen) atoms. The molecule has 0 aromatic heterocycles. The third-order valence-electron chi connectivity index (χ3n) is 3.05. The van der Waals surface area contributed by atoms with Gasteiger partial charge in [0, 0.05) is 0 Å². The van der Waals surface area contributed by atoms with Crippen molar-refractivity contribution in [3.8, 4) is 5.75 Å². The lowest BCUT2D eigenvalue weighted by Crippen LogP contribution is -2.07. The number of ether oxygens (including phenoxy) is 1. The van der Waals surface area contributed by atoms with Gasteiger partial charge in [0.15, 0.2) is 0 Å². The summed E-state index contributed by atoms with van der Waals surface area (Å²) in [7, 11) is 0. The van der Waals surface area contributed by atoms with Crippen LogP contribution >= 0.6 is 0 Å². The molecule has 0 saturated heterocycles. The van der Waals surface area contributed by atoms with Gasteiger partial charge in [-0.15, -0.1) is 0 Å². The highest BCUT2D eigenvalue weighted by molar-refractivity contribution is 5.33. The SMILES string of the molecule is Cc1cc(F)ccc1OCc1ccccc1CCN. The molecule has 0 amide bonds. The largest absolute Gasteiger partial charge is 0.489 e. The summed E-state index contributed by atoms with van der Waals surface area (Å²) in [4.78, 5) is 0. The fourth-order valence-electron chi connectivity index (χ4n) is 2.03. The van der Waals surface area contributed by atoms with Gasteiger partial charge < -0.3 is 10.5 Å². The number of hydrogen-bond acceptors (Lipinski definition) is 2. The standard InChI is InChI=1S/C16H18FNO/c1-12-10-15(17)6-7-16(12)19-11-14-5-3-2-4-13(14)8-9-18/h2-7,10H,8-9,11,18H2,1H3. The number of rotatable bonds is 5. The van der Waals surface area contributed by atoms with Crippen LogP contribution in [-0.4, -0.2) is 6.54 Å². The maximum absolute atomic E-state index is 13.0. The summed E-state index contributed by atoms with van der Waals surface area (Å²) in [6.45, 7) is 2.93. The molecule has 0 aliphatic carbocycles. The molecule has 0 heterocycles. The van der Waals surface area contributed by atoms with Crippen molar-refractivity contribution in [2.45, 2.75) is 20.0 Å². The number of hydrogen-bond donors (Lipinski definition) is 1. The fourth-order valence-corrected chi connectivity index (χ4v) is 2.03. The Kier molecular flexibility index (Phi) is 4.53. The van der Waals surface area contributed by atoms with Crippen LogP contribution in [0.3, 0.4) is 0 Å². The molecule has 0 saturated carbocycles. The van der Waals surface area contributed by atoms with E-state index < -0.39 is 0 Å². The van der Waals surface area contributed by atoms with Gasteiger partial charge in [-0.05, 0) is 54.8 Å². The smallest absolute Gasteiger partial charge is 0.123 e. The zero-order valence-corrected chi connectivity index (χ0v) is 11.0. The second-order valence-electron chi connectivity index (χ2n) is 4.51. The van der Waals surface area contributed by atoms with Gasteiger partial charge in [0.25, 0.3) is 0 Å². The van der Waals surface area contributed by atoms with Crippen LogP contribution in [0, 0.1) is 12.7 Å². The van der Waals surface area contributed by atoms with Gasteiger partial charge in [0.1, 0.15) is 18.2 Å². The van der Waals surface area contributed by atoms with E-state index in [-0.39, 0.29) is 5.82 Å². The van der Waals surface area contributed by atoms with Crippen LogP contribution in [0.5, 0.6) is 5.75 Å². The molecule has 0 aliphatic rings. The van der Waals surface area contributed by atoms with Crippen LogP contribution in [0.15, 0.2) is 42.5 Å². The second kappa shape index (κ2) is 6.34. The summed E-state index contributed by atoms with van der Waals surface area (Å²) < 4.78 is 18.8. The zero-order valence-electron chi connectivity index (χ0n) is 11.0. The highest BCUT2D eigenvalue weighted by Crippen LogP contribution is 2.20. The van der Waals surface area contributed by atoms with E-state index in [0.29, 0.717) is 18.9 Å². The number of nitrogens with two attached hydrogens (primary N) is 1. The van der Waals surface area contributed by atoms with Crippen molar-refractivity contribution < 1.29 is 9.13 Å². The first kappa shape index (κ1) is 13.6. The highest BCUT2D eigenvalue weighted by atomic mass is 19.1. The topological polar surface area (TPSA) is 35.2 Å². The van der Waals surface area contributed by atoms with Crippen molar-refractivity contribution in [2.75, 3.05) is 6.54 Å². The summed E-state index contributed by atoms with van der Waals surface area (Å²) in [6.07, 6.45) is 0.835. The summed E-state index contributed by atoms with van der Waals surface area (Å²) in [5.74, 6) is 0.470. The van der Waals surface area contributed by atoms with Crippen LogP contribution in [0.25, 0.3) is 0 Å². The van der Waals surface area contributed by atoms with Crippen LogP contribution in [0.4, 0.5) is 4.39 Å². The minimum Gasteiger partial charge on any atom is -0.489 e. The number of benzene rings is 2. The molecule has 3 heteroatoms. The van der Waals surface area contributed by atoms with Gasteiger partial charge >= 0.3 is 0 Å². The van der Waals surface area contributed by atoms with Gasteiger partial charge in [0.05, 0.1) is 0 Å². The summed E-state index contributed by atoms with van der Waals surface area (Å²) in [6, 6.07) is 12.6. The minimum absolute atomic E-state index is 0.242. The Labute approximate surface area is 113 Å². The maximum atomic E-state index is 13.0. The molecule has 0 fully saturated rings. The van der Waals surface area contributed by atoms with Gasteiger partial charge in [-0.3, -0.25) is 0 Å². The molecule has 0 atom stereocenters. The first-order chi connectivity index (χ1) is 9.20. The summed E-state index contributed by atoms with van der Waals surface area (Å²) >= 11 is 0. The lowest BCUT2D eigenvalue weighted by molar-refractivity contribution is 0.302. The van der Waals surface area contributed by atoms with E-state index in [1.54, 1.807) is 6.07 Å². The van der Waals surface area contributed by atoms with E-state index in [4.69, 9.17) is 10.5 Å². The number of aryl methyl sites for hydroxylation is 1. The third-order valence-corrected chi connectivity index (χ3v) is 3.05. The molecule has 2 N–H and O–H groups in total. The van der Waals surface area contributed by atoms with Crippen molar-refractivity contribution in [3.63, 3.8) is 0 Å². The molecule has 100 valence electrons. The average molecular weight is 259 g/mol. The zero-order chi connectivity index (χ0) is 13.7. The van der Waals surface area contributed by atoms with Crippen LogP contribution < -0.4 is 10.5 Å². The van der Waals surface area contributed by atoms with Crippen LogP contribution in [0.2, 0.25) is 0 Å². The van der Waals surface area contributed by atoms with Crippen molar-refractivity contribution in [1.82, 2.24) is 0 Å². The van der Waals surface area contributed by atoms with Gasteiger partial charge in [-0.1, -0.05) is 24.3 Å². The Morgan fingerprint density at radius 2 is 1.84 bits per heavy atom. The van der Waals surface area contributed by atoms with E-state index in [0.717, 1.165) is 17.5 Å². The molecule has 0 aliphatic heterocycles. The Morgan fingerprint density at radius 3 is 2.53 bits per heavy atom. The molecule has 2 aromatic carbocycles. The van der Waals surface area contributed by atoms with E-state index in [2.05, 4.69) is 6.07 Å². The van der Waals surface area contributed by atoms with E-state index in [1.165, 1.54) is 17.7 Å². The molecule has 2 aromatic rings. The Bertz CT molecular complexity index is 554. The van der Waals surface area contributed by atoms with E-state index >= 15 is 0 Å². The van der Waals surface area contributed by atoms with Crippen LogP contribution in [-0.2, 0) is 13.0 Å². The van der Waals surface area contributed by atoms with Gasteiger partial charge in [0.2, 0.25) is 0 Å². The molecule has 0 radical (unpaired) electrons. The molecule has 2 nitrogen and oxygen atoms in total. The van der Waals surface area contributed by atoms with E-state index in [9.17, 15) is 4.39 Å². The van der Waals surface area contributed by atoms with E-state index in [1.807, 2.05) is 25.1 Å². The lowest BCUT2D eigenvalue weighted by Gasteiger charge is -2.12. The maximum Gasteiger partial charge on any atom is 0.123 e. The van der Waals surface area contributed by atoms with Crippen molar-refractivity contribution in [2.24, 2.45) is 5.73 Å². The molecular formula is C16H18FNO. The molecular weight excluding hydrogens is 241 g/mol. The van der Waals surface area contributed by atoms with Crippen molar-refractivity contribution >= 4 is 0 Å². The Morgan fingerprint density at radius 1 is 1.11 bits per heavy atom. The van der Waals surface area contributed by atoms with Crippen molar-refractivity contribution in [1.29, 1.82) is 0 Å². The molecule has 0 bridgehead atoms. The van der Waals surface area contributed by atoms with Gasteiger partial charge in [-0.25, -0.2) is 4.39 Å². The Hall–Kier alpha value is -1.87. The first-order valence-electron chi connectivity index (χ1n) is 6.36. The first-order valence-corrected chi connectivity index (χ1v) is 6.36. The predicted octanol–water partition coefficient (Wildman–Crippen LogP) is 3.21. The monoisotopic (exact) mass is 259 g/mol. The highest BCUT2D eigenvalue weighted by Gasteiger charge is 2.04. The summed E-state index contributed by atoms with van der Waals surface area (Å²) in [5, 5.41) is 0. The lowest BCUT2D eigenvalue weighted by atomic mass is 10.1. The fraction of sp³-hybridized carbons (Fsp3) is 0.250. The second-order valence-corrected chi connectivity index (χ2v) is 4.51. The van der Waals surface area contributed by atoms with Gasteiger partial charge in [-0.2, -0.15) is 0 Å². The number of halogens is 1. The Balaban J connectivity index is 2.10. The average Bonchev–Trinajstić information content (AvgIpc) is 2.40. The molecule has 0 spiro atoms. The third kappa shape index (κ3) is 3.55. The summed E-state index contributed by atoms with van der Waals surface area (Å²) in [5.41, 5.74) is 8.72. The predicted molar refractivity (Wildman–Crippen MR) is 74.7 cm³/mol. The quantitative estimate of drug-likeness (QED) is 0.894. The van der Waals surface area contributed by atoms with Crippen molar-refractivity contribution in [3.05, 3.63) is 65.0 Å². The molecule has 0 unspecified atom stereocenters. The minimum atomic E-state index is -0.242.